The number of benzene rings is 2. The molecule has 2 aromatic carbocycles. The number of amides is 1. The third-order valence-corrected chi connectivity index (χ3v) is 7.25. The molecule has 1 amide bonds. The van der Waals surface area contributed by atoms with E-state index in [2.05, 4.69) is 65.2 Å². The lowest BCUT2D eigenvalue weighted by molar-refractivity contribution is -0.715. The van der Waals surface area contributed by atoms with Crippen molar-refractivity contribution in [3.8, 4) is 12.1 Å². The van der Waals surface area contributed by atoms with Gasteiger partial charge in [0.1, 0.15) is 0 Å². The second kappa shape index (κ2) is 10.4. The highest BCUT2D eigenvalue weighted by Gasteiger charge is 2.61. The first-order valence-corrected chi connectivity index (χ1v) is 12.1. The average Bonchev–Trinajstić information content (AvgIpc) is 2.80. The molecule has 3 aromatic rings. The van der Waals surface area contributed by atoms with Crippen LogP contribution in [0.5, 0.6) is 0 Å². The summed E-state index contributed by atoms with van der Waals surface area (Å²) >= 11 is 10.3. The van der Waals surface area contributed by atoms with Crippen molar-refractivity contribution in [1.29, 1.82) is 10.5 Å². The molecule has 1 aromatic heterocycles. The van der Waals surface area contributed by atoms with E-state index in [1.165, 1.54) is 0 Å². The largest absolute Gasteiger partial charge is 1.00 e. The molecule has 1 aliphatic heterocycles. The normalized spacial score (nSPS) is 21.1. The van der Waals surface area contributed by atoms with E-state index < -0.39 is 23.4 Å². The Morgan fingerprint density at radius 3 is 1.91 bits per heavy atom. The van der Waals surface area contributed by atoms with E-state index in [-0.39, 0.29) is 18.3 Å². The zero-order chi connectivity index (χ0) is 22.9. The molecule has 9 heteroatoms. The van der Waals surface area contributed by atoms with Crippen LogP contribution in [0.3, 0.4) is 0 Å². The van der Waals surface area contributed by atoms with E-state index >= 15 is 0 Å². The summed E-state index contributed by atoms with van der Waals surface area (Å²) in [6, 6.07) is 21.5. The van der Waals surface area contributed by atoms with E-state index in [0.717, 1.165) is 19.0 Å². The van der Waals surface area contributed by atoms with Gasteiger partial charge in [0.05, 0.1) is 28.6 Å². The van der Waals surface area contributed by atoms with Gasteiger partial charge in [0.2, 0.25) is 6.04 Å². The first kappa shape index (κ1) is 25.4. The number of nitrogens with one attached hydrogen (secondary N) is 1. The van der Waals surface area contributed by atoms with Gasteiger partial charge in [-0.25, -0.2) is 0 Å². The SMILES string of the molecule is N#CC1(C#N)C(c2ccc(Br)cc2)NC(=O)C([n+]2cccc(Br)c2)C1c1ccc(Br)cc1.[Cl-]. The number of pyridine rings is 1. The molecule has 1 saturated heterocycles. The zero-order valence-electron chi connectivity index (χ0n) is 16.9. The monoisotopic (exact) mass is 648 g/mol. The summed E-state index contributed by atoms with van der Waals surface area (Å²) in [5, 5.41) is 23.9. The van der Waals surface area contributed by atoms with Gasteiger partial charge in [0.15, 0.2) is 17.8 Å². The number of hydrogen-bond acceptors (Lipinski definition) is 3. The third-order valence-electron chi connectivity index (χ3n) is 5.73. The van der Waals surface area contributed by atoms with Crippen LogP contribution in [0.4, 0.5) is 0 Å². The second-order valence-electron chi connectivity index (χ2n) is 7.53. The Bertz CT molecular complexity index is 1240. The first-order chi connectivity index (χ1) is 15.4. The predicted molar refractivity (Wildman–Crippen MR) is 129 cm³/mol. The number of aromatic nitrogens is 1. The van der Waals surface area contributed by atoms with E-state index in [0.29, 0.717) is 5.56 Å². The molecule has 166 valence electrons. The summed E-state index contributed by atoms with van der Waals surface area (Å²) in [5.74, 6) is -0.970. The molecule has 3 unspecified atom stereocenters. The van der Waals surface area contributed by atoms with Crippen LogP contribution in [0.2, 0.25) is 0 Å². The van der Waals surface area contributed by atoms with Gasteiger partial charge in [-0.05, 0) is 57.4 Å². The van der Waals surface area contributed by atoms with Crippen molar-refractivity contribution in [3.05, 3.63) is 97.6 Å². The molecule has 2 heterocycles. The lowest BCUT2D eigenvalue weighted by Crippen LogP contribution is -3.00. The van der Waals surface area contributed by atoms with Crippen molar-refractivity contribution >= 4 is 53.7 Å². The fraction of sp³-hybridized carbons (Fsp3) is 0.167. The van der Waals surface area contributed by atoms with Crippen LogP contribution in [0.15, 0.2) is 86.5 Å². The summed E-state index contributed by atoms with van der Waals surface area (Å²) < 4.78 is 4.29. The fourth-order valence-corrected chi connectivity index (χ4v) is 5.19. The molecule has 3 atom stereocenters. The zero-order valence-corrected chi connectivity index (χ0v) is 22.4. The maximum absolute atomic E-state index is 13.5. The number of halogens is 4. The van der Waals surface area contributed by atoms with Gasteiger partial charge >= 0.3 is 0 Å². The van der Waals surface area contributed by atoms with Gasteiger partial charge in [0.25, 0.3) is 5.91 Å². The number of piperidine rings is 1. The lowest BCUT2D eigenvalue weighted by Gasteiger charge is -2.42. The number of nitriles is 2. The van der Waals surface area contributed by atoms with Crippen molar-refractivity contribution in [3.63, 3.8) is 0 Å². The Morgan fingerprint density at radius 2 is 1.39 bits per heavy atom. The molecule has 0 spiro atoms. The van der Waals surface area contributed by atoms with Crippen molar-refractivity contribution in [2.24, 2.45) is 5.41 Å². The molecular formula is C24H16Br3ClN4O. The van der Waals surface area contributed by atoms with Gasteiger partial charge in [-0.2, -0.15) is 15.1 Å². The van der Waals surface area contributed by atoms with Crippen LogP contribution in [0.1, 0.15) is 29.1 Å². The van der Waals surface area contributed by atoms with Gasteiger partial charge in [-0.1, -0.05) is 56.1 Å². The minimum absolute atomic E-state index is 0. The maximum Gasteiger partial charge on any atom is 0.290 e. The molecule has 0 bridgehead atoms. The number of carbonyl (C=O) groups excluding carboxylic acids is 1. The Kier molecular flexibility index (Phi) is 7.97. The number of rotatable bonds is 3. The maximum atomic E-state index is 13.5. The van der Waals surface area contributed by atoms with E-state index in [1.54, 1.807) is 17.0 Å². The molecule has 1 aliphatic rings. The predicted octanol–water partition coefficient (Wildman–Crippen LogP) is 2.50. The molecule has 33 heavy (non-hydrogen) atoms. The highest BCUT2D eigenvalue weighted by atomic mass is 79.9. The van der Waals surface area contributed by atoms with Crippen LogP contribution >= 0.6 is 47.8 Å². The average molecular weight is 652 g/mol. The highest BCUT2D eigenvalue weighted by Crippen LogP contribution is 2.52. The fourth-order valence-electron chi connectivity index (χ4n) is 4.27. The van der Waals surface area contributed by atoms with E-state index in [4.69, 9.17) is 0 Å². The van der Waals surface area contributed by atoms with Crippen LogP contribution in [-0.2, 0) is 4.79 Å². The van der Waals surface area contributed by atoms with Crippen LogP contribution < -0.4 is 22.3 Å². The Hall–Kier alpha value is -2.23. The minimum atomic E-state index is -1.55. The summed E-state index contributed by atoms with van der Waals surface area (Å²) in [6.45, 7) is 0. The topological polar surface area (TPSA) is 80.6 Å². The van der Waals surface area contributed by atoms with Gasteiger partial charge in [-0.3, -0.25) is 4.79 Å². The van der Waals surface area contributed by atoms with Gasteiger partial charge < -0.3 is 17.7 Å². The molecule has 4 rings (SSSR count). The third kappa shape index (κ3) is 4.72. The summed E-state index contributed by atoms with van der Waals surface area (Å²) in [5.41, 5.74) is -0.106. The lowest BCUT2D eigenvalue weighted by atomic mass is 9.62. The van der Waals surface area contributed by atoms with Gasteiger partial charge in [-0.15, -0.1) is 0 Å². The molecule has 1 fully saturated rings. The smallest absolute Gasteiger partial charge is 0.290 e. The summed E-state index contributed by atoms with van der Waals surface area (Å²) in [6.07, 6.45) is 3.57. The van der Waals surface area contributed by atoms with Gasteiger partial charge in [0, 0.05) is 15.0 Å². The second-order valence-corrected chi connectivity index (χ2v) is 10.3. The highest BCUT2D eigenvalue weighted by molar-refractivity contribution is 9.11. The first-order valence-electron chi connectivity index (χ1n) is 9.70. The molecule has 0 aliphatic carbocycles. The molecule has 5 nitrogen and oxygen atoms in total. The van der Waals surface area contributed by atoms with E-state index in [1.807, 2.05) is 60.7 Å². The Balaban J connectivity index is 0.00000306. The number of nitrogens with zero attached hydrogens (tertiary/aromatic N) is 3. The molecule has 0 saturated carbocycles. The standard InChI is InChI=1S/C24H15Br3N4O.ClH/c25-17-7-3-15(4-8-17)20-21(31-11-1-2-19(27)12-31)23(32)30-22(24(20,13-28)14-29)16-5-9-18(26)10-6-16;/h1-12,20-22H;1H. The van der Waals surface area contributed by atoms with Crippen molar-refractivity contribution in [2.75, 3.05) is 0 Å². The van der Waals surface area contributed by atoms with Crippen molar-refractivity contribution < 1.29 is 21.8 Å². The van der Waals surface area contributed by atoms with Crippen LogP contribution in [-0.4, -0.2) is 5.91 Å². The van der Waals surface area contributed by atoms with Crippen LogP contribution in [0, 0.1) is 28.1 Å². The Morgan fingerprint density at radius 1 is 0.848 bits per heavy atom. The van der Waals surface area contributed by atoms with Crippen molar-refractivity contribution in [2.45, 2.75) is 18.0 Å². The molecule has 1 N–H and O–H groups in total. The Labute approximate surface area is 223 Å². The number of carbonyl (C=O) groups is 1. The van der Waals surface area contributed by atoms with E-state index in [9.17, 15) is 15.3 Å². The summed E-state index contributed by atoms with van der Waals surface area (Å²) in [4.78, 5) is 13.5. The van der Waals surface area contributed by atoms with Crippen molar-refractivity contribution in [1.82, 2.24) is 5.32 Å². The number of hydrogen-bond donors (Lipinski definition) is 1. The molecule has 0 radical (unpaired) electrons. The van der Waals surface area contributed by atoms with Crippen LogP contribution in [0.25, 0.3) is 0 Å². The summed E-state index contributed by atoms with van der Waals surface area (Å²) in [7, 11) is 0. The molecular weight excluding hydrogens is 635 g/mol. The minimum Gasteiger partial charge on any atom is -1.00 e. The quantitative estimate of drug-likeness (QED) is 0.443.